The van der Waals surface area contributed by atoms with E-state index >= 15 is 0 Å². The zero-order valence-electron chi connectivity index (χ0n) is 21.3. The third-order valence-electron chi connectivity index (χ3n) is 6.40. The Balaban J connectivity index is 0.000000169. The van der Waals surface area contributed by atoms with Crippen LogP contribution in [0.3, 0.4) is 0 Å². The van der Waals surface area contributed by atoms with E-state index < -0.39 is 5.60 Å². The van der Waals surface area contributed by atoms with Crippen LogP contribution in [0.15, 0.2) is 54.6 Å². The number of fused-ring (bicyclic) bond motifs is 2. The van der Waals surface area contributed by atoms with E-state index in [1.54, 1.807) is 11.0 Å². The Morgan fingerprint density at radius 3 is 2.03 bits per heavy atom. The lowest BCUT2D eigenvalue weighted by molar-refractivity contribution is 0.0186. The average molecular weight is 527 g/mol. The standard InChI is InChI=1S/C15H15ClN2.C13H17ClN2O2/c1-11-13-7-8-15(16)17-14(13)10-18(11)9-12-5-3-2-4-6-12;1-8-9-5-6-11(14)15-10(9)7-16(8)12(17)18-13(2,3)4/h2-8,11H,9-10H2,1H3;5-6,8H,7H2,1-4H3. The molecular formula is C28H32Cl2N4O2. The smallest absolute Gasteiger partial charge is 0.411 e. The van der Waals surface area contributed by atoms with Crippen LogP contribution in [0, 0.1) is 0 Å². The second-order valence-corrected chi connectivity index (χ2v) is 11.0. The lowest BCUT2D eigenvalue weighted by Gasteiger charge is -2.26. The van der Waals surface area contributed by atoms with E-state index in [0.717, 1.165) is 30.0 Å². The van der Waals surface area contributed by atoms with Crippen molar-refractivity contribution in [2.24, 2.45) is 0 Å². The Kier molecular flexibility index (Phi) is 7.88. The van der Waals surface area contributed by atoms with Gasteiger partial charge in [-0.2, -0.15) is 0 Å². The van der Waals surface area contributed by atoms with Gasteiger partial charge in [0.15, 0.2) is 0 Å². The molecule has 8 heteroatoms. The predicted octanol–water partition coefficient (Wildman–Crippen LogP) is 7.36. The van der Waals surface area contributed by atoms with Crippen LogP contribution >= 0.6 is 23.2 Å². The summed E-state index contributed by atoms with van der Waals surface area (Å²) < 4.78 is 5.38. The van der Waals surface area contributed by atoms with Crippen molar-refractivity contribution in [2.45, 2.75) is 71.9 Å². The van der Waals surface area contributed by atoms with Crippen LogP contribution in [0.5, 0.6) is 0 Å². The van der Waals surface area contributed by atoms with Gasteiger partial charge in [0.25, 0.3) is 0 Å². The molecular weight excluding hydrogens is 495 g/mol. The van der Waals surface area contributed by atoms with Gasteiger partial charge in [0.2, 0.25) is 0 Å². The molecule has 190 valence electrons. The molecule has 0 aliphatic carbocycles. The summed E-state index contributed by atoms with van der Waals surface area (Å²) in [7, 11) is 0. The largest absolute Gasteiger partial charge is 0.444 e. The second-order valence-electron chi connectivity index (χ2n) is 10.2. The van der Waals surface area contributed by atoms with Crippen LogP contribution in [0.1, 0.15) is 74.8 Å². The third-order valence-corrected chi connectivity index (χ3v) is 6.82. The summed E-state index contributed by atoms with van der Waals surface area (Å²) in [6.07, 6.45) is -0.316. The molecule has 0 saturated carbocycles. The molecule has 2 atom stereocenters. The number of benzene rings is 1. The first-order chi connectivity index (χ1) is 17.0. The molecule has 0 saturated heterocycles. The van der Waals surface area contributed by atoms with Crippen molar-refractivity contribution < 1.29 is 9.53 Å². The number of hydrogen-bond acceptors (Lipinski definition) is 5. The third kappa shape index (κ3) is 6.17. The fourth-order valence-corrected chi connectivity index (χ4v) is 4.86. The van der Waals surface area contributed by atoms with Gasteiger partial charge in [-0.15, -0.1) is 0 Å². The summed E-state index contributed by atoms with van der Waals surface area (Å²) in [5, 5.41) is 1.04. The molecule has 0 N–H and O–H groups in total. The lowest BCUT2D eigenvalue weighted by atomic mass is 10.1. The Morgan fingerprint density at radius 1 is 0.889 bits per heavy atom. The van der Waals surface area contributed by atoms with Crippen molar-refractivity contribution in [2.75, 3.05) is 0 Å². The Morgan fingerprint density at radius 2 is 1.44 bits per heavy atom. The molecule has 0 bridgehead atoms. The minimum atomic E-state index is -0.489. The van der Waals surface area contributed by atoms with Gasteiger partial charge in [-0.05, 0) is 63.4 Å². The first-order valence-corrected chi connectivity index (χ1v) is 12.9. The number of hydrogen-bond donors (Lipinski definition) is 0. The van der Waals surface area contributed by atoms with E-state index in [2.05, 4.69) is 52.1 Å². The Bertz CT molecular complexity index is 1230. The van der Waals surface area contributed by atoms with Crippen LogP contribution in [0.25, 0.3) is 0 Å². The SMILES string of the molecule is CC1c2ccc(Cl)nc2CN1C(=O)OC(C)(C)C.CC1c2ccc(Cl)nc2CN1Cc1ccccc1. The zero-order chi connectivity index (χ0) is 26.0. The highest BCUT2D eigenvalue weighted by Gasteiger charge is 2.34. The van der Waals surface area contributed by atoms with Gasteiger partial charge in [-0.25, -0.2) is 14.8 Å². The molecule has 2 unspecified atom stereocenters. The molecule has 4 heterocycles. The summed E-state index contributed by atoms with van der Waals surface area (Å²) in [5.74, 6) is 0. The molecule has 5 rings (SSSR count). The van der Waals surface area contributed by atoms with Gasteiger partial charge in [0.1, 0.15) is 15.9 Å². The molecule has 1 amide bonds. The van der Waals surface area contributed by atoms with Crippen LogP contribution in [0.2, 0.25) is 10.3 Å². The molecule has 0 radical (unpaired) electrons. The zero-order valence-corrected chi connectivity index (χ0v) is 22.8. The number of pyridine rings is 2. The van der Waals surface area contributed by atoms with E-state index in [0.29, 0.717) is 22.9 Å². The van der Waals surface area contributed by atoms with Crippen molar-refractivity contribution in [3.63, 3.8) is 0 Å². The van der Waals surface area contributed by atoms with E-state index in [-0.39, 0.29) is 12.1 Å². The van der Waals surface area contributed by atoms with Crippen molar-refractivity contribution in [1.29, 1.82) is 0 Å². The van der Waals surface area contributed by atoms with E-state index in [4.69, 9.17) is 27.9 Å². The maximum atomic E-state index is 12.1. The van der Waals surface area contributed by atoms with Gasteiger partial charge in [0, 0.05) is 19.1 Å². The molecule has 0 fully saturated rings. The van der Waals surface area contributed by atoms with Gasteiger partial charge < -0.3 is 4.74 Å². The number of amides is 1. The van der Waals surface area contributed by atoms with Gasteiger partial charge in [0.05, 0.1) is 24.0 Å². The highest BCUT2D eigenvalue weighted by Crippen LogP contribution is 2.35. The number of carbonyl (C=O) groups excluding carboxylic acids is 1. The number of rotatable bonds is 2. The van der Waals surface area contributed by atoms with Crippen molar-refractivity contribution >= 4 is 29.3 Å². The molecule has 1 aromatic carbocycles. The number of halogens is 2. The van der Waals surface area contributed by atoms with Crippen molar-refractivity contribution in [3.05, 3.63) is 93.0 Å². The Hall–Kier alpha value is -2.67. The minimum Gasteiger partial charge on any atom is -0.444 e. The first-order valence-electron chi connectivity index (χ1n) is 12.1. The van der Waals surface area contributed by atoms with Crippen LogP contribution < -0.4 is 0 Å². The van der Waals surface area contributed by atoms with E-state index in [9.17, 15) is 4.79 Å². The predicted molar refractivity (Wildman–Crippen MR) is 143 cm³/mol. The normalized spacial score (nSPS) is 18.8. The summed E-state index contributed by atoms with van der Waals surface area (Å²) in [4.78, 5) is 24.8. The molecule has 2 aromatic heterocycles. The van der Waals surface area contributed by atoms with Crippen molar-refractivity contribution in [1.82, 2.24) is 19.8 Å². The summed E-state index contributed by atoms with van der Waals surface area (Å²) in [6.45, 7) is 12.0. The van der Waals surface area contributed by atoms with E-state index in [1.165, 1.54) is 11.1 Å². The van der Waals surface area contributed by atoms with E-state index in [1.807, 2.05) is 45.9 Å². The molecule has 2 aliphatic heterocycles. The van der Waals surface area contributed by atoms with Gasteiger partial charge in [-0.1, -0.05) is 65.7 Å². The number of nitrogens with zero attached hydrogens (tertiary/aromatic N) is 4. The summed E-state index contributed by atoms with van der Waals surface area (Å²) in [5.41, 5.74) is 5.15. The van der Waals surface area contributed by atoms with Crippen LogP contribution in [0.4, 0.5) is 4.79 Å². The maximum absolute atomic E-state index is 12.1. The molecule has 3 aromatic rings. The monoisotopic (exact) mass is 526 g/mol. The average Bonchev–Trinajstić information content (AvgIpc) is 3.29. The number of aromatic nitrogens is 2. The second kappa shape index (κ2) is 10.8. The van der Waals surface area contributed by atoms with Gasteiger partial charge >= 0.3 is 6.09 Å². The molecule has 36 heavy (non-hydrogen) atoms. The quantitative estimate of drug-likeness (QED) is 0.326. The first kappa shape index (κ1) is 26.4. The van der Waals surface area contributed by atoms with Crippen LogP contribution in [-0.2, 0) is 24.4 Å². The minimum absolute atomic E-state index is 0.0281. The topological polar surface area (TPSA) is 58.6 Å². The maximum Gasteiger partial charge on any atom is 0.411 e. The summed E-state index contributed by atoms with van der Waals surface area (Å²) >= 11 is 11.8. The number of carbonyl (C=O) groups is 1. The highest BCUT2D eigenvalue weighted by molar-refractivity contribution is 6.29. The summed E-state index contributed by atoms with van der Waals surface area (Å²) in [6, 6.07) is 18.6. The lowest BCUT2D eigenvalue weighted by Crippen LogP contribution is -2.35. The van der Waals surface area contributed by atoms with Crippen molar-refractivity contribution in [3.8, 4) is 0 Å². The Labute approximate surface area is 223 Å². The fraction of sp³-hybridized carbons (Fsp3) is 0.393. The highest BCUT2D eigenvalue weighted by atomic mass is 35.5. The van der Waals surface area contributed by atoms with Gasteiger partial charge in [-0.3, -0.25) is 9.80 Å². The fourth-order valence-electron chi connectivity index (χ4n) is 4.53. The molecule has 2 aliphatic rings. The molecule has 0 spiro atoms. The van der Waals surface area contributed by atoms with Crippen LogP contribution in [-0.4, -0.2) is 31.5 Å². The number of ether oxygens (including phenoxy) is 1. The molecule has 6 nitrogen and oxygen atoms in total.